The number of anilines is 2. The highest BCUT2D eigenvalue weighted by Crippen LogP contribution is 2.30. The fourth-order valence-electron chi connectivity index (χ4n) is 4.13. The minimum Gasteiger partial charge on any atom is -0.484 e. The molecule has 0 spiro atoms. The lowest BCUT2D eigenvalue weighted by Crippen LogP contribution is -2.48. The molecule has 1 N–H and O–H groups in total. The standard InChI is InChI=1S/C26H29N7O2/c1-18-4-5-24-20(10-18)14-27-26(30-24)29-22-11-19(21-15-28-32(3)16-21)12-23(13-22)35-17-25(34)33-8-6-31(2)7-9-33/h4-5,10-16H,6-9,17H2,1-3H3,(H,27,29,30). The average Bonchev–Trinajstić information content (AvgIpc) is 3.29. The smallest absolute Gasteiger partial charge is 0.260 e. The second-order valence-electron chi connectivity index (χ2n) is 9.00. The first kappa shape index (κ1) is 22.8. The topological polar surface area (TPSA) is 88.4 Å². The van der Waals surface area contributed by atoms with Crippen LogP contribution in [0.1, 0.15) is 5.56 Å². The lowest BCUT2D eigenvalue weighted by atomic mass is 10.1. The van der Waals surface area contributed by atoms with Crippen LogP contribution in [0, 0.1) is 6.92 Å². The molecule has 180 valence electrons. The van der Waals surface area contributed by atoms with Crippen molar-refractivity contribution in [2.75, 3.05) is 45.2 Å². The number of nitrogens with one attached hydrogen (secondary N) is 1. The van der Waals surface area contributed by atoms with E-state index in [1.807, 2.05) is 61.6 Å². The Kier molecular flexibility index (Phi) is 6.33. The first-order valence-electron chi connectivity index (χ1n) is 11.7. The van der Waals surface area contributed by atoms with Crippen LogP contribution in [0.25, 0.3) is 22.0 Å². The summed E-state index contributed by atoms with van der Waals surface area (Å²) >= 11 is 0. The van der Waals surface area contributed by atoms with Crippen LogP contribution in [0.3, 0.4) is 0 Å². The van der Waals surface area contributed by atoms with Crippen molar-refractivity contribution in [1.29, 1.82) is 0 Å². The lowest BCUT2D eigenvalue weighted by molar-refractivity contribution is -0.134. The van der Waals surface area contributed by atoms with E-state index in [9.17, 15) is 4.79 Å². The fourth-order valence-corrected chi connectivity index (χ4v) is 4.13. The highest BCUT2D eigenvalue weighted by atomic mass is 16.5. The van der Waals surface area contributed by atoms with Crippen molar-refractivity contribution in [3.8, 4) is 16.9 Å². The number of likely N-dealkylation sites (N-methyl/N-ethyl adjacent to an activating group) is 1. The van der Waals surface area contributed by atoms with Crippen molar-refractivity contribution < 1.29 is 9.53 Å². The number of carbonyl (C=O) groups is 1. The second kappa shape index (κ2) is 9.71. The Hall–Kier alpha value is -3.98. The van der Waals surface area contributed by atoms with Gasteiger partial charge in [0.05, 0.1) is 11.7 Å². The van der Waals surface area contributed by atoms with E-state index in [0.717, 1.165) is 53.9 Å². The first-order chi connectivity index (χ1) is 16.9. The van der Waals surface area contributed by atoms with E-state index in [0.29, 0.717) is 11.7 Å². The summed E-state index contributed by atoms with van der Waals surface area (Å²) in [5.74, 6) is 1.07. The van der Waals surface area contributed by atoms with Gasteiger partial charge in [-0.05, 0) is 43.8 Å². The number of amides is 1. The van der Waals surface area contributed by atoms with Gasteiger partial charge in [0, 0.05) is 68.3 Å². The number of rotatable bonds is 6. The van der Waals surface area contributed by atoms with Gasteiger partial charge in [0.25, 0.3) is 5.91 Å². The maximum absolute atomic E-state index is 12.7. The van der Waals surface area contributed by atoms with Crippen LogP contribution in [-0.4, -0.2) is 75.3 Å². The van der Waals surface area contributed by atoms with E-state index in [4.69, 9.17) is 4.74 Å². The number of nitrogens with zero attached hydrogens (tertiary/aromatic N) is 6. The molecule has 0 bridgehead atoms. The van der Waals surface area contributed by atoms with Crippen molar-refractivity contribution in [2.45, 2.75) is 6.92 Å². The van der Waals surface area contributed by atoms with Gasteiger partial charge in [0.1, 0.15) is 5.75 Å². The number of fused-ring (bicyclic) bond motifs is 1. The van der Waals surface area contributed by atoms with E-state index in [1.165, 1.54) is 5.56 Å². The zero-order valence-electron chi connectivity index (χ0n) is 20.2. The van der Waals surface area contributed by atoms with Gasteiger partial charge in [-0.15, -0.1) is 0 Å². The van der Waals surface area contributed by atoms with Crippen molar-refractivity contribution in [1.82, 2.24) is 29.5 Å². The molecule has 0 unspecified atom stereocenters. The van der Waals surface area contributed by atoms with Crippen molar-refractivity contribution in [3.05, 3.63) is 60.6 Å². The zero-order chi connectivity index (χ0) is 24.4. The molecule has 35 heavy (non-hydrogen) atoms. The molecule has 4 aromatic rings. The van der Waals surface area contributed by atoms with Crippen molar-refractivity contribution >= 4 is 28.4 Å². The van der Waals surface area contributed by atoms with Gasteiger partial charge < -0.3 is 19.9 Å². The van der Waals surface area contributed by atoms with Crippen LogP contribution in [0.15, 0.2) is 55.0 Å². The summed E-state index contributed by atoms with van der Waals surface area (Å²) in [5.41, 5.74) is 4.66. The third-order valence-electron chi connectivity index (χ3n) is 6.15. The molecule has 1 aliphatic rings. The molecule has 9 nitrogen and oxygen atoms in total. The Morgan fingerprint density at radius 2 is 1.86 bits per heavy atom. The number of hydrogen-bond acceptors (Lipinski definition) is 7. The predicted molar refractivity (Wildman–Crippen MR) is 136 cm³/mol. The molecular formula is C26H29N7O2. The third-order valence-corrected chi connectivity index (χ3v) is 6.15. The molecule has 1 amide bonds. The number of aryl methyl sites for hydroxylation is 2. The minimum atomic E-state index is -0.00846. The van der Waals surface area contributed by atoms with Gasteiger partial charge in [0.15, 0.2) is 6.61 Å². The molecule has 3 heterocycles. The Morgan fingerprint density at radius 1 is 1.03 bits per heavy atom. The van der Waals surface area contributed by atoms with Gasteiger partial charge >= 0.3 is 0 Å². The monoisotopic (exact) mass is 471 g/mol. The molecule has 5 rings (SSSR count). The van der Waals surface area contributed by atoms with E-state index in [1.54, 1.807) is 10.9 Å². The molecule has 2 aromatic heterocycles. The molecule has 9 heteroatoms. The molecule has 1 fully saturated rings. The molecule has 1 aliphatic heterocycles. The lowest BCUT2D eigenvalue weighted by Gasteiger charge is -2.32. The van der Waals surface area contributed by atoms with Gasteiger partial charge in [0.2, 0.25) is 5.95 Å². The van der Waals surface area contributed by atoms with Crippen LogP contribution in [0.5, 0.6) is 5.75 Å². The third kappa shape index (κ3) is 5.41. The van der Waals surface area contributed by atoms with Gasteiger partial charge in [-0.1, -0.05) is 11.6 Å². The molecule has 0 saturated carbocycles. The van der Waals surface area contributed by atoms with Crippen LogP contribution in [0.2, 0.25) is 0 Å². The average molecular weight is 472 g/mol. The summed E-state index contributed by atoms with van der Waals surface area (Å²) in [5, 5.41) is 8.57. The van der Waals surface area contributed by atoms with Crippen LogP contribution < -0.4 is 10.1 Å². The number of carbonyl (C=O) groups excluding carboxylic acids is 1. The Labute approximate surface area is 204 Å². The molecule has 0 aliphatic carbocycles. The van der Waals surface area contributed by atoms with E-state index < -0.39 is 0 Å². The summed E-state index contributed by atoms with van der Waals surface area (Å²) in [6, 6.07) is 11.9. The van der Waals surface area contributed by atoms with E-state index >= 15 is 0 Å². The normalized spacial score (nSPS) is 14.3. The largest absolute Gasteiger partial charge is 0.484 e. The zero-order valence-corrected chi connectivity index (χ0v) is 20.2. The van der Waals surface area contributed by atoms with Gasteiger partial charge in [-0.25, -0.2) is 9.97 Å². The Balaban J connectivity index is 1.38. The maximum atomic E-state index is 12.7. The fraction of sp³-hybridized carbons (Fsp3) is 0.308. The summed E-state index contributed by atoms with van der Waals surface area (Å²) in [6.45, 7) is 5.24. The van der Waals surface area contributed by atoms with Crippen molar-refractivity contribution in [3.63, 3.8) is 0 Å². The van der Waals surface area contributed by atoms with Crippen molar-refractivity contribution in [2.24, 2.45) is 7.05 Å². The maximum Gasteiger partial charge on any atom is 0.260 e. The van der Waals surface area contributed by atoms with E-state index in [2.05, 4.69) is 38.4 Å². The predicted octanol–water partition coefficient (Wildman–Crippen LogP) is 3.24. The highest BCUT2D eigenvalue weighted by molar-refractivity contribution is 5.80. The quantitative estimate of drug-likeness (QED) is 0.462. The first-order valence-corrected chi connectivity index (χ1v) is 11.7. The summed E-state index contributed by atoms with van der Waals surface area (Å²) in [7, 11) is 3.94. The Morgan fingerprint density at radius 3 is 2.63 bits per heavy atom. The summed E-state index contributed by atoms with van der Waals surface area (Å²) in [4.78, 5) is 25.9. The SMILES string of the molecule is Cc1ccc2nc(Nc3cc(OCC(=O)N4CCN(C)CC4)cc(-c4cnn(C)c4)c3)ncc2c1. The summed E-state index contributed by atoms with van der Waals surface area (Å²) < 4.78 is 7.72. The number of piperazine rings is 1. The van der Waals surface area contributed by atoms with Crippen LogP contribution in [-0.2, 0) is 11.8 Å². The van der Waals surface area contributed by atoms with Crippen LogP contribution in [0.4, 0.5) is 11.6 Å². The molecular weight excluding hydrogens is 442 g/mol. The Bertz CT molecular complexity index is 1360. The summed E-state index contributed by atoms with van der Waals surface area (Å²) in [6.07, 6.45) is 5.55. The van der Waals surface area contributed by atoms with Gasteiger partial charge in [-0.2, -0.15) is 5.10 Å². The number of ether oxygens (including phenoxy) is 1. The molecule has 2 aromatic carbocycles. The highest BCUT2D eigenvalue weighted by Gasteiger charge is 2.19. The number of aromatic nitrogens is 4. The number of hydrogen-bond donors (Lipinski definition) is 1. The van der Waals surface area contributed by atoms with E-state index in [-0.39, 0.29) is 12.5 Å². The second-order valence-corrected chi connectivity index (χ2v) is 9.00. The van der Waals surface area contributed by atoms with Gasteiger partial charge in [-0.3, -0.25) is 9.48 Å². The molecule has 1 saturated heterocycles. The minimum absolute atomic E-state index is 0.00690. The molecule has 0 atom stereocenters. The number of benzene rings is 2. The molecule has 0 radical (unpaired) electrons. The van der Waals surface area contributed by atoms with Crippen LogP contribution >= 0.6 is 0 Å².